The molecule has 0 radical (unpaired) electrons. The van der Waals surface area contributed by atoms with Crippen molar-refractivity contribution in [1.29, 1.82) is 0 Å². The molecule has 0 spiro atoms. The van der Waals surface area contributed by atoms with Crippen molar-refractivity contribution in [2.45, 2.75) is 5.60 Å². The molecule has 0 aliphatic heterocycles. The molecule has 2 N–H and O–H groups in total. The number of hydrogen-bond acceptors (Lipinski definition) is 5. The zero-order valence-electron chi connectivity index (χ0n) is 9.75. The van der Waals surface area contributed by atoms with Crippen LogP contribution in [-0.2, 0) is 10.3 Å². The first-order chi connectivity index (χ1) is 8.66. The van der Waals surface area contributed by atoms with Gasteiger partial charge in [-0.1, -0.05) is 6.07 Å². The van der Waals surface area contributed by atoms with Crippen molar-refractivity contribution in [3.8, 4) is 0 Å². The van der Waals surface area contributed by atoms with Gasteiger partial charge in [0.1, 0.15) is 5.60 Å². The summed E-state index contributed by atoms with van der Waals surface area (Å²) in [6.07, 6.45) is -0.555. The molecule has 2 heterocycles. The number of nitrogens with one attached hydrogen (secondary N) is 1. The summed E-state index contributed by atoms with van der Waals surface area (Å²) in [5, 5.41) is 19.0. The number of carbonyl (C=O) groups is 1. The SMILES string of the molecule is COC(=O)NCC(O)(c1ccsc1)c1cccs1. The first-order valence-corrected chi connectivity index (χ1v) is 7.10. The smallest absolute Gasteiger partial charge is 0.406 e. The number of aliphatic hydroxyl groups is 1. The fourth-order valence-corrected chi connectivity index (χ4v) is 3.19. The summed E-state index contributed by atoms with van der Waals surface area (Å²) in [5.41, 5.74) is -0.436. The van der Waals surface area contributed by atoms with E-state index in [1.807, 2.05) is 34.3 Å². The predicted molar refractivity (Wildman–Crippen MR) is 72.0 cm³/mol. The minimum Gasteiger partial charge on any atom is -0.453 e. The summed E-state index contributed by atoms with van der Waals surface area (Å²) >= 11 is 2.95. The molecular weight excluding hydrogens is 270 g/mol. The molecule has 96 valence electrons. The molecule has 1 amide bonds. The van der Waals surface area contributed by atoms with Gasteiger partial charge in [0, 0.05) is 10.4 Å². The van der Waals surface area contributed by atoms with Crippen LogP contribution in [0.2, 0.25) is 0 Å². The van der Waals surface area contributed by atoms with Crippen molar-refractivity contribution in [1.82, 2.24) is 5.32 Å². The van der Waals surface area contributed by atoms with Gasteiger partial charge in [-0.3, -0.25) is 0 Å². The largest absolute Gasteiger partial charge is 0.453 e. The van der Waals surface area contributed by atoms with Crippen molar-refractivity contribution < 1.29 is 14.6 Å². The maximum Gasteiger partial charge on any atom is 0.406 e. The molecule has 18 heavy (non-hydrogen) atoms. The first-order valence-electron chi connectivity index (χ1n) is 5.27. The number of rotatable bonds is 4. The molecule has 2 rings (SSSR count). The second-order valence-corrected chi connectivity index (χ2v) is 5.42. The molecule has 1 unspecified atom stereocenters. The van der Waals surface area contributed by atoms with E-state index in [2.05, 4.69) is 10.1 Å². The lowest BCUT2D eigenvalue weighted by atomic mass is 9.94. The maximum absolute atomic E-state index is 11.2. The van der Waals surface area contributed by atoms with Crippen molar-refractivity contribution in [2.75, 3.05) is 13.7 Å². The van der Waals surface area contributed by atoms with E-state index in [4.69, 9.17) is 0 Å². The van der Waals surface area contributed by atoms with E-state index < -0.39 is 11.7 Å². The van der Waals surface area contributed by atoms with E-state index in [1.165, 1.54) is 29.8 Å². The molecule has 0 bridgehead atoms. The lowest BCUT2D eigenvalue weighted by Gasteiger charge is -2.26. The number of carbonyl (C=O) groups excluding carboxylic acids is 1. The summed E-state index contributed by atoms with van der Waals surface area (Å²) < 4.78 is 4.53. The van der Waals surface area contributed by atoms with Gasteiger partial charge >= 0.3 is 6.09 Å². The molecule has 0 saturated heterocycles. The molecule has 2 aromatic rings. The zero-order valence-corrected chi connectivity index (χ0v) is 11.4. The molecule has 0 aliphatic carbocycles. The van der Waals surface area contributed by atoms with E-state index in [0.717, 1.165) is 10.4 Å². The van der Waals surface area contributed by atoms with Gasteiger partial charge in [-0.15, -0.1) is 11.3 Å². The number of amides is 1. The summed E-state index contributed by atoms with van der Waals surface area (Å²) in [4.78, 5) is 11.9. The summed E-state index contributed by atoms with van der Waals surface area (Å²) in [6, 6.07) is 5.57. The lowest BCUT2D eigenvalue weighted by Crippen LogP contribution is -2.40. The number of ether oxygens (including phenoxy) is 1. The van der Waals surface area contributed by atoms with E-state index in [9.17, 15) is 9.90 Å². The number of thiophene rings is 2. The Kier molecular flexibility index (Phi) is 4.00. The van der Waals surface area contributed by atoms with Crippen LogP contribution in [-0.4, -0.2) is 24.9 Å². The Morgan fingerprint density at radius 2 is 2.33 bits per heavy atom. The van der Waals surface area contributed by atoms with E-state index >= 15 is 0 Å². The second-order valence-electron chi connectivity index (χ2n) is 3.69. The number of alkyl carbamates (subject to hydrolysis) is 1. The Bertz CT molecular complexity index is 459. The van der Waals surface area contributed by atoms with Gasteiger partial charge in [0.05, 0.1) is 13.7 Å². The highest BCUT2D eigenvalue weighted by atomic mass is 32.1. The van der Waals surface area contributed by atoms with Crippen LogP contribution in [0.4, 0.5) is 4.79 Å². The Morgan fingerprint density at radius 3 is 2.89 bits per heavy atom. The third kappa shape index (κ3) is 2.55. The number of methoxy groups -OCH3 is 1. The summed E-state index contributed by atoms with van der Waals surface area (Å²) in [6.45, 7) is 0.0803. The molecule has 0 aliphatic rings. The minimum atomic E-state index is -1.21. The molecule has 0 saturated carbocycles. The van der Waals surface area contributed by atoms with Crippen LogP contribution < -0.4 is 5.32 Å². The van der Waals surface area contributed by atoms with Crippen LogP contribution in [0, 0.1) is 0 Å². The fraction of sp³-hybridized carbons (Fsp3) is 0.250. The van der Waals surface area contributed by atoms with Crippen molar-refractivity contribution in [2.24, 2.45) is 0 Å². The van der Waals surface area contributed by atoms with Crippen molar-refractivity contribution in [3.63, 3.8) is 0 Å². The highest BCUT2D eigenvalue weighted by Crippen LogP contribution is 2.33. The normalized spacial score (nSPS) is 13.9. The van der Waals surface area contributed by atoms with Gasteiger partial charge < -0.3 is 15.2 Å². The van der Waals surface area contributed by atoms with E-state index in [0.29, 0.717) is 0 Å². The summed E-state index contributed by atoms with van der Waals surface area (Å²) in [5.74, 6) is 0. The third-order valence-corrected chi connectivity index (χ3v) is 4.31. The Morgan fingerprint density at radius 1 is 1.50 bits per heavy atom. The molecule has 2 aromatic heterocycles. The predicted octanol–water partition coefficient (Wildman–Crippen LogP) is 2.40. The van der Waals surface area contributed by atoms with Gasteiger partial charge in [-0.2, -0.15) is 11.3 Å². The van der Waals surface area contributed by atoms with Gasteiger partial charge in [-0.25, -0.2) is 4.79 Å². The van der Waals surface area contributed by atoms with Crippen LogP contribution in [0.3, 0.4) is 0 Å². The second kappa shape index (κ2) is 5.51. The summed E-state index contributed by atoms with van der Waals surface area (Å²) in [7, 11) is 1.30. The molecule has 0 aromatic carbocycles. The molecule has 0 fully saturated rings. The Balaban J connectivity index is 2.26. The quantitative estimate of drug-likeness (QED) is 0.906. The zero-order chi connectivity index (χ0) is 13.0. The van der Waals surface area contributed by atoms with E-state index in [-0.39, 0.29) is 6.54 Å². The minimum absolute atomic E-state index is 0.0803. The molecule has 6 heteroatoms. The van der Waals surface area contributed by atoms with Crippen LogP contribution >= 0.6 is 22.7 Å². The molecule has 1 atom stereocenters. The van der Waals surface area contributed by atoms with Crippen molar-refractivity contribution >= 4 is 28.8 Å². The van der Waals surface area contributed by atoms with Crippen LogP contribution in [0.25, 0.3) is 0 Å². The van der Waals surface area contributed by atoms with Gasteiger partial charge in [-0.05, 0) is 28.3 Å². The standard InChI is InChI=1S/C12H13NO3S2/c1-16-11(14)13-8-12(15,9-4-6-17-7-9)10-3-2-5-18-10/h2-7,15H,8H2,1H3,(H,13,14). The topological polar surface area (TPSA) is 58.6 Å². The Hall–Kier alpha value is -1.37. The van der Waals surface area contributed by atoms with Crippen molar-refractivity contribution in [3.05, 3.63) is 44.8 Å². The number of hydrogen-bond donors (Lipinski definition) is 2. The highest BCUT2D eigenvalue weighted by Gasteiger charge is 2.33. The first kappa shape index (κ1) is 13.1. The van der Waals surface area contributed by atoms with Gasteiger partial charge in [0.15, 0.2) is 0 Å². The highest BCUT2D eigenvalue weighted by molar-refractivity contribution is 7.10. The Labute approximate surface area is 113 Å². The average Bonchev–Trinajstić information content (AvgIpc) is 3.06. The maximum atomic E-state index is 11.2. The monoisotopic (exact) mass is 283 g/mol. The van der Waals surface area contributed by atoms with E-state index in [1.54, 1.807) is 0 Å². The van der Waals surface area contributed by atoms with Gasteiger partial charge in [0.25, 0.3) is 0 Å². The molecular formula is C12H13NO3S2. The molecule has 4 nitrogen and oxygen atoms in total. The average molecular weight is 283 g/mol. The van der Waals surface area contributed by atoms with Crippen LogP contribution in [0.15, 0.2) is 34.3 Å². The third-order valence-electron chi connectivity index (χ3n) is 2.60. The lowest BCUT2D eigenvalue weighted by molar-refractivity contribution is 0.0807. The van der Waals surface area contributed by atoms with Crippen LogP contribution in [0.1, 0.15) is 10.4 Å². The fourth-order valence-electron chi connectivity index (χ4n) is 1.62. The van der Waals surface area contributed by atoms with Crippen LogP contribution in [0.5, 0.6) is 0 Å². The van der Waals surface area contributed by atoms with Gasteiger partial charge in [0.2, 0.25) is 0 Å².